The predicted octanol–water partition coefficient (Wildman–Crippen LogP) is 5.10. The van der Waals surface area contributed by atoms with Crippen molar-refractivity contribution < 1.29 is 50.0 Å². The van der Waals surface area contributed by atoms with Gasteiger partial charge in [0.2, 0.25) is 5.91 Å². The van der Waals surface area contributed by atoms with E-state index in [0.717, 1.165) is 51.4 Å². The van der Waals surface area contributed by atoms with E-state index in [-0.39, 0.29) is 12.8 Å². The van der Waals surface area contributed by atoms with Crippen molar-refractivity contribution in [2.75, 3.05) is 13.2 Å². The van der Waals surface area contributed by atoms with Gasteiger partial charge in [-0.25, -0.2) is 0 Å². The van der Waals surface area contributed by atoms with Crippen LogP contribution >= 0.6 is 0 Å². The summed E-state index contributed by atoms with van der Waals surface area (Å²) < 4.78 is 11.0. The normalized spacial score (nSPS) is 23.5. The first-order valence-corrected chi connectivity index (χ1v) is 20.2. The number of carbonyl (C=O) groups is 1. The SMILES string of the molecule is CCCC/C=C\CCCCCCC(O)C(=O)NC(COC1OC(CO)C(O)C(O)C1O)C(O)C(O)CCC/C=C/CCCCCCCCCCC. The third-order valence-corrected chi connectivity index (χ3v) is 9.73. The monoisotopic (exact) mass is 730 g/mol. The summed E-state index contributed by atoms with van der Waals surface area (Å²) >= 11 is 0. The molecule has 1 aliphatic heterocycles. The standard InChI is InChI=1S/C40H75NO10/c1-3-5-7-9-11-13-15-16-17-18-20-21-23-25-27-32(43)35(45)31(30-50-40-38(48)37(47)36(46)34(29-42)51-40)41-39(49)33(44)28-26-24-22-19-14-12-10-8-6-4-2/h10,12,20-21,31-38,40,42-48H,3-9,11,13-19,22-30H2,1-2H3,(H,41,49)/b12-10-,21-20+. The van der Waals surface area contributed by atoms with Gasteiger partial charge in [-0.05, 0) is 57.8 Å². The number of aliphatic hydroxyl groups excluding tert-OH is 7. The average molecular weight is 730 g/mol. The van der Waals surface area contributed by atoms with Crippen molar-refractivity contribution in [3.8, 4) is 0 Å². The maximum atomic E-state index is 13.0. The van der Waals surface area contributed by atoms with Gasteiger partial charge in [0.05, 0.1) is 25.4 Å². The molecule has 1 amide bonds. The molecule has 9 unspecified atom stereocenters. The van der Waals surface area contributed by atoms with E-state index in [1.807, 2.05) is 0 Å². The fraction of sp³-hybridized carbons (Fsp3) is 0.875. The Morgan fingerprint density at radius 1 is 0.667 bits per heavy atom. The second kappa shape index (κ2) is 31.0. The summed E-state index contributed by atoms with van der Waals surface area (Å²) in [6.07, 6.45) is 19.6. The highest BCUT2D eigenvalue weighted by Crippen LogP contribution is 2.23. The number of unbranched alkanes of at least 4 members (excludes halogenated alkanes) is 16. The largest absolute Gasteiger partial charge is 0.394 e. The van der Waals surface area contributed by atoms with Crippen LogP contribution in [0.25, 0.3) is 0 Å². The zero-order valence-electron chi connectivity index (χ0n) is 31.8. The second-order valence-electron chi connectivity index (χ2n) is 14.3. The Morgan fingerprint density at radius 3 is 1.75 bits per heavy atom. The highest BCUT2D eigenvalue weighted by atomic mass is 16.7. The molecule has 0 radical (unpaired) electrons. The molecule has 11 nitrogen and oxygen atoms in total. The summed E-state index contributed by atoms with van der Waals surface area (Å²) in [6, 6.07) is -1.18. The molecule has 8 N–H and O–H groups in total. The van der Waals surface area contributed by atoms with Crippen molar-refractivity contribution in [3.63, 3.8) is 0 Å². The Bertz CT molecular complexity index is 887. The summed E-state index contributed by atoms with van der Waals surface area (Å²) in [6.45, 7) is 3.33. The average Bonchev–Trinajstić information content (AvgIpc) is 3.13. The molecule has 0 saturated carbocycles. The molecule has 11 heteroatoms. The van der Waals surface area contributed by atoms with Crippen molar-refractivity contribution in [2.45, 2.75) is 210 Å². The van der Waals surface area contributed by atoms with E-state index in [9.17, 15) is 40.5 Å². The Kier molecular flexibility index (Phi) is 28.9. The molecule has 300 valence electrons. The van der Waals surface area contributed by atoms with Crippen LogP contribution in [0.5, 0.6) is 0 Å². The van der Waals surface area contributed by atoms with Crippen LogP contribution in [-0.4, -0.2) is 110 Å². The third kappa shape index (κ3) is 21.8. The van der Waals surface area contributed by atoms with Gasteiger partial charge in [-0.2, -0.15) is 0 Å². The van der Waals surface area contributed by atoms with Crippen LogP contribution in [0.1, 0.15) is 155 Å². The maximum Gasteiger partial charge on any atom is 0.249 e. The van der Waals surface area contributed by atoms with Crippen LogP contribution in [-0.2, 0) is 14.3 Å². The molecule has 0 bridgehead atoms. The molecule has 9 atom stereocenters. The van der Waals surface area contributed by atoms with E-state index in [1.54, 1.807) is 0 Å². The van der Waals surface area contributed by atoms with Gasteiger partial charge >= 0.3 is 0 Å². The molecule has 51 heavy (non-hydrogen) atoms. The van der Waals surface area contributed by atoms with Crippen molar-refractivity contribution in [1.29, 1.82) is 0 Å². The molecular weight excluding hydrogens is 654 g/mol. The quantitative estimate of drug-likeness (QED) is 0.0342. The van der Waals surface area contributed by atoms with Crippen LogP contribution in [0.2, 0.25) is 0 Å². The van der Waals surface area contributed by atoms with Gasteiger partial charge in [0.25, 0.3) is 0 Å². The summed E-state index contributed by atoms with van der Waals surface area (Å²) in [4.78, 5) is 13.0. The molecule has 1 heterocycles. The number of hydrogen-bond acceptors (Lipinski definition) is 10. The molecule has 0 aliphatic carbocycles. The van der Waals surface area contributed by atoms with Gasteiger partial charge in [0.1, 0.15) is 36.6 Å². The summed E-state index contributed by atoms with van der Waals surface area (Å²) in [5.41, 5.74) is 0. The first-order valence-electron chi connectivity index (χ1n) is 20.2. The molecule has 0 aromatic heterocycles. The smallest absolute Gasteiger partial charge is 0.249 e. The number of rotatable bonds is 32. The number of carbonyl (C=O) groups excluding carboxylic acids is 1. The molecule has 0 aromatic rings. The lowest BCUT2D eigenvalue weighted by Crippen LogP contribution is -2.60. The van der Waals surface area contributed by atoms with Crippen LogP contribution < -0.4 is 5.32 Å². The molecule has 1 aliphatic rings. The fourth-order valence-corrected chi connectivity index (χ4v) is 6.24. The van der Waals surface area contributed by atoms with Crippen LogP contribution in [0.15, 0.2) is 24.3 Å². The van der Waals surface area contributed by atoms with Gasteiger partial charge in [0.15, 0.2) is 6.29 Å². The molecule has 1 saturated heterocycles. The van der Waals surface area contributed by atoms with Crippen LogP contribution in [0, 0.1) is 0 Å². The molecular formula is C40H75NO10. The van der Waals surface area contributed by atoms with E-state index in [0.29, 0.717) is 12.8 Å². The first-order chi connectivity index (χ1) is 24.7. The number of allylic oxidation sites excluding steroid dienone is 4. The molecule has 1 fully saturated rings. The van der Waals surface area contributed by atoms with E-state index < -0.39 is 74.2 Å². The Balaban J connectivity index is 2.58. The summed E-state index contributed by atoms with van der Waals surface area (Å²) in [7, 11) is 0. The predicted molar refractivity (Wildman–Crippen MR) is 201 cm³/mol. The van der Waals surface area contributed by atoms with Crippen LogP contribution in [0.4, 0.5) is 0 Å². The number of aliphatic hydroxyl groups is 7. The number of nitrogens with one attached hydrogen (secondary N) is 1. The lowest BCUT2D eigenvalue weighted by Gasteiger charge is -2.40. The van der Waals surface area contributed by atoms with Gasteiger partial charge in [-0.3, -0.25) is 4.79 Å². The number of amides is 1. The van der Waals surface area contributed by atoms with Gasteiger partial charge < -0.3 is 50.5 Å². The van der Waals surface area contributed by atoms with Gasteiger partial charge in [-0.15, -0.1) is 0 Å². The maximum absolute atomic E-state index is 13.0. The third-order valence-electron chi connectivity index (χ3n) is 9.73. The van der Waals surface area contributed by atoms with Crippen molar-refractivity contribution in [3.05, 3.63) is 24.3 Å². The molecule has 0 aromatic carbocycles. The summed E-state index contributed by atoms with van der Waals surface area (Å²) in [5, 5.41) is 75.2. The van der Waals surface area contributed by atoms with E-state index in [1.165, 1.54) is 64.2 Å². The van der Waals surface area contributed by atoms with Gasteiger partial charge in [0, 0.05) is 0 Å². The topological polar surface area (TPSA) is 189 Å². The Labute approximate surface area is 308 Å². The highest BCUT2D eigenvalue weighted by Gasteiger charge is 2.44. The minimum atomic E-state index is -1.67. The number of hydrogen-bond donors (Lipinski definition) is 8. The van der Waals surface area contributed by atoms with Crippen LogP contribution in [0.3, 0.4) is 0 Å². The highest BCUT2D eigenvalue weighted by molar-refractivity contribution is 5.80. The first kappa shape index (κ1) is 47.6. The minimum Gasteiger partial charge on any atom is -0.394 e. The van der Waals surface area contributed by atoms with Crippen molar-refractivity contribution in [1.82, 2.24) is 5.32 Å². The Morgan fingerprint density at radius 2 is 1.18 bits per heavy atom. The van der Waals surface area contributed by atoms with E-state index in [2.05, 4.69) is 43.5 Å². The zero-order chi connectivity index (χ0) is 37.7. The van der Waals surface area contributed by atoms with E-state index in [4.69, 9.17) is 9.47 Å². The number of ether oxygens (including phenoxy) is 2. The Hall–Kier alpha value is -1.41. The second-order valence-corrected chi connectivity index (χ2v) is 14.3. The zero-order valence-corrected chi connectivity index (χ0v) is 31.8. The molecule has 0 spiro atoms. The van der Waals surface area contributed by atoms with Crippen molar-refractivity contribution in [2.24, 2.45) is 0 Å². The molecule has 1 rings (SSSR count). The minimum absolute atomic E-state index is 0.239. The lowest BCUT2D eigenvalue weighted by molar-refractivity contribution is -0.303. The summed E-state index contributed by atoms with van der Waals surface area (Å²) in [5.74, 6) is -0.720. The fourth-order valence-electron chi connectivity index (χ4n) is 6.24. The lowest BCUT2D eigenvalue weighted by atomic mass is 9.98. The van der Waals surface area contributed by atoms with E-state index >= 15 is 0 Å². The van der Waals surface area contributed by atoms with Crippen molar-refractivity contribution >= 4 is 5.91 Å². The van der Waals surface area contributed by atoms with Gasteiger partial charge in [-0.1, -0.05) is 122 Å².